The lowest BCUT2D eigenvalue weighted by Gasteiger charge is -2.27. The number of ether oxygens (including phenoxy) is 1. The Morgan fingerprint density at radius 2 is 1.90 bits per heavy atom. The van der Waals surface area contributed by atoms with Crippen LogP contribution in [-0.2, 0) is 12.0 Å². The van der Waals surface area contributed by atoms with Crippen molar-refractivity contribution in [2.24, 2.45) is 0 Å². The Morgan fingerprint density at radius 3 is 2.56 bits per heavy atom. The number of nitrogens with zero attached hydrogens (tertiary/aromatic N) is 4. The zero-order chi connectivity index (χ0) is 27.2. The maximum atomic E-state index is 13.5. The summed E-state index contributed by atoms with van der Waals surface area (Å²) in [5, 5.41) is 3.05. The first-order valence-electron chi connectivity index (χ1n) is 13.7. The van der Waals surface area contributed by atoms with Gasteiger partial charge in [-0.1, -0.05) is 25.0 Å². The van der Waals surface area contributed by atoms with Gasteiger partial charge in [0.05, 0.1) is 39.8 Å². The number of nitrogens with one attached hydrogen (secondary N) is 1. The molecule has 10 heteroatoms. The van der Waals surface area contributed by atoms with Gasteiger partial charge < -0.3 is 10.1 Å². The average Bonchev–Trinajstić information content (AvgIpc) is 3.59. The molecule has 1 aromatic carbocycles. The van der Waals surface area contributed by atoms with E-state index in [-0.39, 0.29) is 12.9 Å². The highest BCUT2D eigenvalue weighted by molar-refractivity contribution is 8.23. The molecule has 39 heavy (non-hydrogen) atoms. The fourth-order valence-electron chi connectivity index (χ4n) is 5.96. The number of carbonyl (C=O) groups is 1. The molecular weight excluding hydrogens is 514 g/mol. The van der Waals surface area contributed by atoms with Crippen LogP contribution in [0.2, 0.25) is 0 Å². The molecule has 1 aliphatic heterocycles. The predicted octanol–water partition coefficient (Wildman–Crippen LogP) is 6.34. The Morgan fingerprint density at radius 1 is 1.15 bits per heavy atom. The van der Waals surface area contributed by atoms with Crippen LogP contribution in [0.15, 0.2) is 47.6 Å². The number of aromatic nitrogens is 3. The van der Waals surface area contributed by atoms with Crippen LogP contribution in [0, 0.1) is 0 Å². The van der Waals surface area contributed by atoms with Crippen molar-refractivity contribution in [1.29, 1.82) is 0 Å². The number of rotatable bonds is 7. The molecule has 2 fully saturated rings. The Kier molecular flexibility index (Phi) is 6.73. The summed E-state index contributed by atoms with van der Waals surface area (Å²) in [6.07, 6.45) is 9.46. The normalized spacial score (nSPS) is 18.3. The molecule has 3 heterocycles. The molecule has 3 N–H and O–H groups in total. The van der Waals surface area contributed by atoms with Crippen LogP contribution in [0.3, 0.4) is 0 Å². The van der Waals surface area contributed by atoms with E-state index in [9.17, 15) is 13.9 Å². The zero-order valence-corrected chi connectivity index (χ0v) is 23.2. The van der Waals surface area contributed by atoms with Gasteiger partial charge in [0.2, 0.25) is 5.88 Å². The van der Waals surface area contributed by atoms with Gasteiger partial charge >= 0.3 is 6.03 Å². The number of amides is 2. The first kappa shape index (κ1) is 26.0. The molecule has 208 valence electrons. The number of hydrogen-bond acceptors (Lipinski definition) is 7. The van der Waals surface area contributed by atoms with Gasteiger partial charge in [-0.3, -0.25) is 14.0 Å². The van der Waals surface area contributed by atoms with E-state index in [1.54, 1.807) is 18.5 Å². The largest absolute Gasteiger partial charge is 0.477 e. The van der Waals surface area contributed by atoms with E-state index in [0.717, 1.165) is 72.4 Å². The summed E-state index contributed by atoms with van der Waals surface area (Å²) < 4.78 is 25.6. The second-order valence-electron chi connectivity index (χ2n) is 10.9. The number of benzene rings is 1. The third-order valence-corrected chi connectivity index (χ3v) is 9.26. The zero-order valence-electron chi connectivity index (χ0n) is 22.4. The van der Waals surface area contributed by atoms with Crippen LogP contribution in [-0.4, -0.2) is 49.5 Å². The molecule has 0 bridgehead atoms. The fraction of sp³-hybridized carbons (Fsp3) is 0.448. The molecule has 0 saturated heterocycles. The summed E-state index contributed by atoms with van der Waals surface area (Å²) in [7, 11) is -2.76. The molecule has 2 aliphatic carbocycles. The number of pyridine rings is 1. The van der Waals surface area contributed by atoms with Gasteiger partial charge in [0.15, 0.2) is 0 Å². The molecule has 0 radical (unpaired) electrons. The van der Waals surface area contributed by atoms with E-state index >= 15 is 0 Å². The van der Waals surface area contributed by atoms with E-state index in [1.807, 2.05) is 36.1 Å². The predicted molar refractivity (Wildman–Crippen MR) is 154 cm³/mol. The summed E-state index contributed by atoms with van der Waals surface area (Å²) in [5.41, 5.74) is 5.28. The third-order valence-electron chi connectivity index (χ3n) is 8.09. The minimum atomic E-state index is -2.76. The molecule has 2 amide bonds. The molecule has 3 aromatic rings. The minimum absolute atomic E-state index is 0. The Balaban J connectivity index is 0.00000323. The van der Waals surface area contributed by atoms with Crippen molar-refractivity contribution in [2.45, 2.75) is 68.2 Å². The van der Waals surface area contributed by atoms with Gasteiger partial charge in [0.25, 0.3) is 0 Å². The van der Waals surface area contributed by atoms with E-state index in [4.69, 9.17) is 9.72 Å². The summed E-state index contributed by atoms with van der Waals surface area (Å²) in [6.45, 7) is 3.42. The molecule has 2 aromatic heterocycles. The molecule has 6 rings (SSSR count). The van der Waals surface area contributed by atoms with Crippen LogP contribution in [0.1, 0.15) is 69.7 Å². The first-order chi connectivity index (χ1) is 18.8. The van der Waals surface area contributed by atoms with Crippen LogP contribution >= 0.6 is 10.6 Å². The standard InChI is InChI=1S/C29H35N5O4S.H2/c1-3-38-27-24(25(20-8-9-20)31-18-32-27)22-12-13-23-26(33-22)29(14-4-5-15-29)17-34(23)28(35)30-16-19-6-10-21(11-7-19)39(2,36)37;/h6-7,10-13,18,20,36-37H,3-5,8-9,14-17H2,1-2H3,(H,30,35);1H. The summed E-state index contributed by atoms with van der Waals surface area (Å²) >= 11 is 0. The van der Waals surface area contributed by atoms with E-state index in [0.29, 0.717) is 36.4 Å². The van der Waals surface area contributed by atoms with Crippen molar-refractivity contribution in [3.8, 4) is 17.1 Å². The fourth-order valence-corrected chi connectivity index (χ4v) is 6.62. The van der Waals surface area contributed by atoms with Crippen LogP contribution in [0.5, 0.6) is 5.88 Å². The minimum Gasteiger partial charge on any atom is -0.477 e. The highest BCUT2D eigenvalue weighted by Gasteiger charge is 2.48. The lowest BCUT2D eigenvalue weighted by Crippen LogP contribution is -2.41. The lowest BCUT2D eigenvalue weighted by atomic mass is 9.84. The number of urea groups is 1. The van der Waals surface area contributed by atoms with Crippen molar-refractivity contribution in [1.82, 2.24) is 20.3 Å². The Hall–Kier alpha value is -3.21. The monoisotopic (exact) mass is 551 g/mol. The third kappa shape index (κ3) is 4.97. The lowest BCUT2D eigenvalue weighted by molar-refractivity contribution is 0.245. The van der Waals surface area contributed by atoms with Gasteiger partial charge in [-0.2, -0.15) is 10.6 Å². The maximum Gasteiger partial charge on any atom is 0.322 e. The highest BCUT2D eigenvalue weighted by Crippen LogP contribution is 2.51. The molecule has 0 unspecified atom stereocenters. The smallest absolute Gasteiger partial charge is 0.322 e. The molecule has 2 saturated carbocycles. The average molecular weight is 552 g/mol. The van der Waals surface area contributed by atoms with Crippen molar-refractivity contribution in [3.05, 3.63) is 59.7 Å². The van der Waals surface area contributed by atoms with Gasteiger partial charge in [0, 0.05) is 32.1 Å². The summed E-state index contributed by atoms with van der Waals surface area (Å²) in [4.78, 5) is 30.1. The second-order valence-corrected chi connectivity index (χ2v) is 13.1. The van der Waals surface area contributed by atoms with Crippen molar-refractivity contribution in [3.63, 3.8) is 0 Å². The number of fused-ring (bicyclic) bond motifs is 2. The number of anilines is 1. The van der Waals surface area contributed by atoms with E-state index < -0.39 is 10.6 Å². The molecular formula is C29H37N5O4S. The summed E-state index contributed by atoms with van der Waals surface area (Å²) in [6, 6.07) is 10.9. The number of hydrogen-bond donors (Lipinski definition) is 3. The van der Waals surface area contributed by atoms with Crippen LogP contribution in [0.4, 0.5) is 10.5 Å². The van der Waals surface area contributed by atoms with Crippen LogP contribution in [0.25, 0.3) is 11.3 Å². The van der Waals surface area contributed by atoms with Gasteiger partial charge in [-0.15, -0.1) is 0 Å². The molecule has 0 atom stereocenters. The topological polar surface area (TPSA) is 121 Å². The van der Waals surface area contributed by atoms with Gasteiger partial charge in [-0.25, -0.2) is 19.7 Å². The van der Waals surface area contributed by atoms with E-state index in [2.05, 4.69) is 15.3 Å². The van der Waals surface area contributed by atoms with E-state index in [1.165, 1.54) is 6.26 Å². The van der Waals surface area contributed by atoms with Crippen molar-refractivity contribution >= 4 is 22.3 Å². The first-order valence-corrected chi connectivity index (χ1v) is 15.6. The van der Waals surface area contributed by atoms with Crippen LogP contribution < -0.4 is 15.0 Å². The quantitative estimate of drug-likeness (QED) is 0.313. The molecule has 3 aliphatic rings. The van der Waals surface area contributed by atoms with Crippen molar-refractivity contribution in [2.75, 3.05) is 24.3 Å². The van der Waals surface area contributed by atoms with Crippen molar-refractivity contribution < 1.29 is 20.1 Å². The Labute approximate surface area is 231 Å². The highest BCUT2D eigenvalue weighted by atomic mass is 32.3. The van der Waals surface area contributed by atoms with Gasteiger partial charge in [-0.05, 0) is 62.4 Å². The second kappa shape index (κ2) is 10.1. The molecule has 1 spiro atoms. The number of carbonyl (C=O) groups excluding carboxylic acids is 1. The maximum absolute atomic E-state index is 13.5. The van der Waals surface area contributed by atoms with Gasteiger partial charge in [0.1, 0.15) is 6.33 Å². The Bertz CT molecular complexity index is 1390. The SMILES string of the molecule is CCOc1ncnc(C2CC2)c1-c1ccc2c(n1)C1(CCCC1)CN2C(=O)NCc1ccc(S(C)(O)O)cc1.[HH]. The molecule has 9 nitrogen and oxygen atoms in total. The summed E-state index contributed by atoms with van der Waals surface area (Å²) in [5.74, 6) is 0.990.